The van der Waals surface area contributed by atoms with Crippen LogP contribution in [0.3, 0.4) is 0 Å². The molecule has 2 rings (SSSR count). The Hall–Kier alpha value is -1.77. The van der Waals surface area contributed by atoms with Crippen molar-refractivity contribution in [2.45, 2.75) is 19.8 Å². The molecule has 3 heteroatoms. The third kappa shape index (κ3) is 3.13. The molecule has 0 radical (unpaired) electrons. The van der Waals surface area contributed by atoms with Crippen molar-refractivity contribution in [2.24, 2.45) is 5.92 Å². The Morgan fingerprint density at radius 2 is 2.17 bits per heavy atom. The second-order valence-electron chi connectivity index (χ2n) is 4.85. The van der Waals surface area contributed by atoms with E-state index in [0.717, 1.165) is 37.2 Å². The van der Waals surface area contributed by atoms with E-state index in [1.54, 1.807) is 6.08 Å². The number of benzene rings is 1. The van der Waals surface area contributed by atoms with E-state index in [-0.39, 0.29) is 5.91 Å². The van der Waals surface area contributed by atoms with Gasteiger partial charge in [0.25, 0.3) is 0 Å². The number of amides is 1. The fraction of sp³-hybridized carbons (Fsp3) is 0.400. The molecule has 0 aliphatic carbocycles. The van der Waals surface area contributed by atoms with Crippen molar-refractivity contribution >= 4 is 17.7 Å². The largest absolute Gasteiger partial charge is 0.399 e. The van der Waals surface area contributed by atoms with E-state index < -0.39 is 0 Å². The van der Waals surface area contributed by atoms with Crippen molar-refractivity contribution in [2.75, 3.05) is 18.8 Å². The lowest BCUT2D eigenvalue weighted by Crippen LogP contribution is -2.26. The van der Waals surface area contributed by atoms with Crippen molar-refractivity contribution in [3.05, 3.63) is 35.9 Å². The first-order valence-corrected chi connectivity index (χ1v) is 6.51. The van der Waals surface area contributed by atoms with Crippen LogP contribution in [-0.4, -0.2) is 23.9 Å². The molecule has 1 aromatic rings. The van der Waals surface area contributed by atoms with E-state index in [1.807, 2.05) is 35.2 Å². The number of likely N-dealkylation sites (tertiary alicyclic amines) is 1. The van der Waals surface area contributed by atoms with Gasteiger partial charge in [-0.05, 0) is 36.1 Å². The highest BCUT2D eigenvalue weighted by Gasteiger charge is 2.23. The summed E-state index contributed by atoms with van der Waals surface area (Å²) < 4.78 is 0. The Bertz CT molecular complexity index is 436. The van der Waals surface area contributed by atoms with Gasteiger partial charge in [0, 0.05) is 24.9 Å². The summed E-state index contributed by atoms with van der Waals surface area (Å²) in [7, 11) is 0. The van der Waals surface area contributed by atoms with E-state index in [9.17, 15) is 4.79 Å². The van der Waals surface area contributed by atoms with Gasteiger partial charge >= 0.3 is 0 Å². The molecule has 1 unspecified atom stereocenters. The van der Waals surface area contributed by atoms with Crippen molar-refractivity contribution < 1.29 is 4.79 Å². The molecule has 1 heterocycles. The van der Waals surface area contributed by atoms with Gasteiger partial charge in [0.2, 0.25) is 5.91 Å². The van der Waals surface area contributed by atoms with Crippen LogP contribution in [0, 0.1) is 5.92 Å². The molecule has 1 aromatic carbocycles. The van der Waals surface area contributed by atoms with Gasteiger partial charge < -0.3 is 10.6 Å². The molecule has 1 amide bonds. The molecular weight excluding hydrogens is 224 g/mol. The Labute approximate surface area is 108 Å². The summed E-state index contributed by atoms with van der Waals surface area (Å²) in [6, 6.07) is 7.51. The van der Waals surface area contributed by atoms with Crippen molar-refractivity contribution in [1.82, 2.24) is 4.90 Å². The molecule has 18 heavy (non-hydrogen) atoms. The van der Waals surface area contributed by atoms with Gasteiger partial charge in [-0.3, -0.25) is 4.79 Å². The minimum Gasteiger partial charge on any atom is -0.399 e. The van der Waals surface area contributed by atoms with Crippen LogP contribution in [-0.2, 0) is 4.79 Å². The monoisotopic (exact) mass is 244 g/mol. The van der Waals surface area contributed by atoms with Gasteiger partial charge in [-0.2, -0.15) is 0 Å². The molecule has 0 saturated carbocycles. The number of nitrogens with zero attached hydrogens (tertiary/aromatic N) is 1. The number of carbonyl (C=O) groups is 1. The zero-order chi connectivity index (χ0) is 13.0. The fourth-order valence-electron chi connectivity index (χ4n) is 2.25. The maximum absolute atomic E-state index is 12.0. The van der Waals surface area contributed by atoms with E-state index in [4.69, 9.17) is 5.73 Å². The van der Waals surface area contributed by atoms with Crippen LogP contribution in [0.25, 0.3) is 6.08 Å². The molecule has 3 nitrogen and oxygen atoms in total. The van der Waals surface area contributed by atoms with Crippen LogP contribution in [0.4, 0.5) is 5.69 Å². The molecule has 1 atom stereocenters. The second-order valence-corrected chi connectivity index (χ2v) is 4.85. The molecule has 1 fully saturated rings. The Morgan fingerprint density at radius 1 is 1.44 bits per heavy atom. The number of nitrogen functional groups attached to an aromatic ring is 1. The molecule has 0 bridgehead atoms. The van der Waals surface area contributed by atoms with E-state index >= 15 is 0 Å². The molecule has 0 spiro atoms. The van der Waals surface area contributed by atoms with Crippen LogP contribution < -0.4 is 5.73 Å². The van der Waals surface area contributed by atoms with Crippen molar-refractivity contribution in [3.63, 3.8) is 0 Å². The molecule has 1 saturated heterocycles. The van der Waals surface area contributed by atoms with E-state index in [0.29, 0.717) is 5.92 Å². The highest BCUT2D eigenvalue weighted by molar-refractivity contribution is 5.92. The van der Waals surface area contributed by atoms with Crippen molar-refractivity contribution in [3.8, 4) is 0 Å². The fourth-order valence-corrected chi connectivity index (χ4v) is 2.25. The number of nitrogens with two attached hydrogens (primary N) is 1. The summed E-state index contributed by atoms with van der Waals surface area (Å²) in [6.45, 7) is 3.98. The molecule has 0 aromatic heterocycles. The standard InChI is InChI=1S/C15H20N2O/c1-2-12-9-10-17(11-12)15(18)8-5-13-3-6-14(16)7-4-13/h3-8,12H,2,9-11,16H2,1H3/b8-5+. The Morgan fingerprint density at radius 3 is 2.78 bits per heavy atom. The predicted octanol–water partition coefficient (Wildman–Crippen LogP) is 2.54. The van der Waals surface area contributed by atoms with Crippen LogP contribution in [0.2, 0.25) is 0 Å². The highest BCUT2D eigenvalue weighted by Crippen LogP contribution is 2.19. The van der Waals surface area contributed by atoms with Crippen LogP contribution in [0.15, 0.2) is 30.3 Å². The number of rotatable bonds is 3. The quantitative estimate of drug-likeness (QED) is 0.656. The van der Waals surface area contributed by atoms with Gasteiger partial charge in [0.05, 0.1) is 0 Å². The minimum absolute atomic E-state index is 0.114. The average Bonchev–Trinajstić information content (AvgIpc) is 2.86. The maximum atomic E-state index is 12.0. The predicted molar refractivity (Wildman–Crippen MR) is 74.9 cm³/mol. The van der Waals surface area contributed by atoms with Gasteiger partial charge in [0.1, 0.15) is 0 Å². The summed E-state index contributed by atoms with van der Waals surface area (Å²) >= 11 is 0. The third-order valence-corrected chi connectivity index (χ3v) is 3.53. The van der Waals surface area contributed by atoms with Crippen LogP contribution >= 0.6 is 0 Å². The van der Waals surface area contributed by atoms with Gasteiger partial charge in [-0.25, -0.2) is 0 Å². The molecule has 96 valence electrons. The number of anilines is 1. The summed E-state index contributed by atoms with van der Waals surface area (Å²) in [5, 5.41) is 0. The zero-order valence-corrected chi connectivity index (χ0v) is 10.8. The summed E-state index contributed by atoms with van der Waals surface area (Å²) in [4.78, 5) is 13.9. The number of hydrogen-bond donors (Lipinski definition) is 1. The van der Waals surface area contributed by atoms with Crippen molar-refractivity contribution in [1.29, 1.82) is 0 Å². The smallest absolute Gasteiger partial charge is 0.246 e. The lowest BCUT2D eigenvalue weighted by atomic mass is 10.1. The molecule has 2 N–H and O–H groups in total. The SMILES string of the molecule is CCC1CCN(C(=O)/C=C/c2ccc(N)cc2)C1. The van der Waals surface area contributed by atoms with Crippen LogP contribution in [0.5, 0.6) is 0 Å². The summed E-state index contributed by atoms with van der Waals surface area (Å²) in [6.07, 6.45) is 5.80. The number of hydrogen-bond acceptors (Lipinski definition) is 2. The normalized spacial score (nSPS) is 19.6. The van der Waals surface area contributed by atoms with E-state index in [1.165, 1.54) is 0 Å². The number of carbonyl (C=O) groups excluding carboxylic acids is 1. The van der Waals surface area contributed by atoms with Gasteiger partial charge in [-0.1, -0.05) is 25.5 Å². The Balaban J connectivity index is 1.93. The first-order chi connectivity index (χ1) is 8.69. The minimum atomic E-state index is 0.114. The first kappa shape index (κ1) is 12.7. The molecular formula is C15H20N2O. The first-order valence-electron chi connectivity index (χ1n) is 6.51. The van der Waals surface area contributed by atoms with Gasteiger partial charge in [-0.15, -0.1) is 0 Å². The lowest BCUT2D eigenvalue weighted by Gasteiger charge is -2.13. The summed E-state index contributed by atoms with van der Waals surface area (Å²) in [5.74, 6) is 0.793. The third-order valence-electron chi connectivity index (χ3n) is 3.53. The average molecular weight is 244 g/mol. The Kier molecular flexibility index (Phi) is 4.03. The maximum Gasteiger partial charge on any atom is 0.246 e. The molecule has 1 aliphatic heterocycles. The topological polar surface area (TPSA) is 46.3 Å². The molecule has 1 aliphatic rings. The lowest BCUT2D eigenvalue weighted by molar-refractivity contribution is -0.125. The summed E-state index contributed by atoms with van der Waals surface area (Å²) in [5.41, 5.74) is 7.36. The highest BCUT2D eigenvalue weighted by atomic mass is 16.2. The van der Waals surface area contributed by atoms with Crippen LogP contribution in [0.1, 0.15) is 25.3 Å². The van der Waals surface area contributed by atoms with Gasteiger partial charge in [0.15, 0.2) is 0 Å². The zero-order valence-electron chi connectivity index (χ0n) is 10.8. The second kappa shape index (κ2) is 5.71. The van der Waals surface area contributed by atoms with E-state index in [2.05, 4.69) is 6.92 Å².